The molecule has 1 heterocycles. The molecule has 2 aromatic rings. The molecule has 0 aliphatic carbocycles. The normalized spacial score (nSPS) is 11.3. The average molecular weight is 365 g/mol. The molecule has 0 fully saturated rings. The van der Waals surface area contributed by atoms with Crippen molar-refractivity contribution in [1.29, 1.82) is 0 Å². The van der Waals surface area contributed by atoms with Gasteiger partial charge in [0, 0.05) is 6.54 Å². The van der Waals surface area contributed by atoms with Crippen LogP contribution in [0, 0.1) is 5.95 Å². The van der Waals surface area contributed by atoms with Crippen LogP contribution in [0.1, 0.15) is 5.56 Å². The van der Waals surface area contributed by atoms with Gasteiger partial charge in [-0.05, 0) is 45.8 Å². The van der Waals surface area contributed by atoms with Gasteiger partial charge in [-0.2, -0.15) is 4.39 Å². The maximum Gasteiger partial charge on any atom is 0.573 e. The predicted octanol–water partition coefficient (Wildman–Crippen LogP) is 4.49. The summed E-state index contributed by atoms with van der Waals surface area (Å²) in [5.74, 6) is -0.605. The van der Waals surface area contributed by atoms with E-state index in [1.807, 2.05) is 0 Å². The summed E-state index contributed by atoms with van der Waals surface area (Å²) in [5, 5.41) is 2.86. The van der Waals surface area contributed by atoms with Crippen molar-refractivity contribution in [2.45, 2.75) is 12.9 Å². The van der Waals surface area contributed by atoms with Crippen LogP contribution < -0.4 is 10.1 Å². The highest BCUT2D eigenvalue weighted by atomic mass is 79.9. The fraction of sp³-hybridized carbons (Fsp3) is 0.154. The van der Waals surface area contributed by atoms with Crippen molar-refractivity contribution in [3.05, 3.63) is 52.4 Å². The zero-order chi connectivity index (χ0) is 15.5. The summed E-state index contributed by atoms with van der Waals surface area (Å²) in [6.45, 7) is 0.279. The Balaban J connectivity index is 2.03. The van der Waals surface area contributed by atoms with E-state index in [1.54, 1.807) is 6.07 Å². The number of hydrogen-bond donors (Lipinski definition) is 1. The molecule has 0 unspecified atom stereocenters. The maximum atomic E-state index is 12.9. The Bertz CT molecular complexity index is 634. The molecule has 1 aromatic carbocycles. The molecule has 112 valence electrons. The number of hydrogen-bond acceptors (Lipinski definition) is 3. The quantitative estimate of drug-likeness (QED) is 0.640. The minimum Gasteiger partial charge on any atom is -0.405 e. The van der Waals surface area contributed by atoms with Gasteiger partial charge in [-0.1, -0.05) is 12.1 Å². The molecule has 0 atom stereocenters. The number of alkyl halides is 3. The van der Waals surface area contributed by atoms with Crippen LogP contribution in [0.5, 0.6) is 5.75 Å². The second-order valence-corrected chi connectivity index (χ2v) is 4.87. The van der Waals surface area contributed by atoms with Gasteiger partial charge in [-0.3, -0.25) is 0 Å². The van der Waals surface area contributed by atoms with E-state index in [9.17, 15) is 17.6 Å². The SMILES string of the molecule is Fc1cccc(NCc2ccc(OC(F)(F)F)c(Br)c2)n1. The monoisotopic (exact) mass is 364 g/mol. The lowest BCUT2D eigenvalue weighted by Gasteiger charge is -2.12. The minimum atomic E-state index is -4.74. The van der Waals surface area contributed by atoms with Crippen LogP contribution in [0.3, 0.4) is 0 Å². The first-order valence-electron chi connectivity index (χ1n) is 5.74. The highest BCUT2D eigenvalue weighted by Crippen LogP contribution is 2.31. The average Bonchev–Trinajstić information content (AvgIpc) is 2.38. The molecule has 1 N–H and O–H groups in total. The number of anilines is 1. The Morgan fingerprint density at radius 2 is 1.95 bits per heavy atom. The molecule has 0 amide bonds. The van der Waals surface area contributed by atoms with Gasteiger partial charge in [-0.15, -0.1) is 13.2 Å². The summed E-state index contributed by atoms with van der Waals surface area (Å²) in [6, 6.07) is 8.45. The molecule has 0 radical (unpaired) electrons. The Morgan fingerprint density at radius 3 is 2.57 bits per heavy atom. The van der Waals surface area contributed by atoms with Gasteiger partial charge >= 0.3 is 6.36 Å². The molecule has 0 spiro atoms. The smallest absolute Gasteiger partial charge is 0.405 e. The van der Waals surface area contributed by atoms with Crippen LogP contribution in [-0.2, 0) is 6.54 Å². The highest BCUT2D eigenvalue weighted by Gasteiger charge is 2.31. The first-order chi connectivity index (χ1) is 9.83. The summed E-state index contributed by atoms with van der Waals surface area (Å²) in [5.41, 5.74) is 0.683. The Kier molecular flexibility index (Phi) is 4.66. The third-order valence-corrected chi connectivity index (χ3v) is 3.03. The summed E-state index contributed by atoms with van der Waals surface area (Å²) in [6.07, 6.45) is -4.74. The van der Waals surface area contributed by atoms with Gasteiger partial charge in [-0.25, -0.2) is 4.98 Å². The Labute approximate surface area is 126 Å². The fourth-order valence-corrected chi connectivity index (χ4v) is 2.07. The van der Waals surface area contributed by atoms with Crippen molar-refractivity contribution in [2.24, 2.45) is 0 Å². The number of pyridine rings is 1. The largest absolute Gasteiger partial charge is 0.573 e. The van der Waals surface area contributed by atoms with Gasteiger partial charge in [0.1, 0.15) is 11.6 Å². The molecular weight excluding hydrogens is 356 g/mol. The number of nitrogens with one attached hydrogen (secondary N) is 1. The molecule has 0 aliphatic heterocycles. The highest BCUT2D eigenvalue weighted by molar-refractivity contribution is 9.10. The summed E-state index contributed by atoms with van der Waals surface area (Å²) in [7, 11) is 0. The van der Waals surface area contributed by atoms with Gasteiger partial charge in [0.2, 0.25) is 5.95 Å². The molecule has 2 rings (SSSR count). The number of rotatable bonds is 4. The van der Waals surface area contributed by atoms with Gasteiger partial charge < -0.3 is 10.1 Å². The van der Waals surface area contributed by atoms with E-state index in [0.717, 1.165) is 0 Å². The van der Waals surface area contributed by atoms with Crippen molar-refractivity contribution >= 4 is 21.7 Å². The van der Waals surface area contributed by atoms with E-state index in [1.165, 1.54) is 30.3 Å². The third-order valence-electron chi connectivity index (χ3n) is 2.41. The summed E-state index contributed by atoms with van der Waals surface area (Å²) >= 11 is 3.01. The van der Waals surface area contributed by atoms with Gasteiger partial charge in [0.05, 0.1) is 4.47 Å². The van der Waals surface area contributed by atoms with Gasteiger partial charge in [0.15, 0.2) is 0 Å². The van der Waals surface area contributed by atoms with E-state index < -0.39 is 12.3 Å². The van der Waals surface area contributed by atoms with Crippen LogP contribution >= 0.6 is 15.9 Å². The van der Waals surface area contributed by atoms with Crippen LogP contribution in [0.4, 0.5) is 23.4 Å². The van der Waals surface area contributed by atoms with E-state index in [2.05, 4.69) is 31.0 Å². The Hall–Kier alpha value is -1.83. The molecule has 0 bridgehead atoms. The molecule has 21 heavy (non-hydrogen) atoms. The van der Waals surface area contributed by atoms with Crippen LogP contribution in [-0.4, -0.2) is 11.3 Å². The lowest BCUT2D eigenvalue weighted by molar-refractivity contribution is -0.274. The molecular formula is C13H9BrF4N2O. The fourth-order valence-electron chi connectivity index (χ4n) is 1.56. The lowest BCUT2D eigenvalue weighted by atomic mass is 10.2. The maximum absolute atomic E-state index is 12.9. The molecule has 0 saturated carbocycles. The van der Waals surface area contributed by atoms with Crippen molar-refractivity contribution in [3.63, 3.8) is 0 Å². The van der Waals surface area contributed by atoms with Crippen molar-refractivity contribution in [2.75, 3.05) is 5.32 Å². The van der Waals surface area contributed by atoms with Gasteiger partial charge in [0.25, 0.3) is 0 Å². The summed E-state index contributed by atoms with van der Waals surface area (Å²) < 4.78 is 53.3. The number of halogens is 5. The molecule has 1 aromatic heterocycles. The van der Waals surface area contributed by atoms with Crippen molar-refractivity contribution in [1.82, 2.24) is 4.98 Å². The van der Waals surface area contributed by atoms with Crippen LogP contribution in [0.25, 0.3) is 0 Å². The third kappa shape index (κ3) is 4.89. The molecule has 0 saturated heterocycles. The molecule has 3 nitrogen and oxygen atoms in total. The number of ether oxygens (including phenoxy) is 1. The summed E-state index contributed by atoms with van der Waals surface area (Å²) in [4.78, 5) is 3.61. The van der Waals surface area contributed by atoms with Crippen LogP contribution in [0.15, 0.2) is 40.9 Å². The van der Waals surface area contributed by atoms with Crippen molar-refractivity contribution in [3.8, 4) is 5.75 Å². The zero-order valence-electron chi connectivity index (χ0n) is 10.4. The number of aromatic nitrogens is 1. The standard InChI is InChI=1S/C13H9BrF4N2O/c14-9-6-8(4-5-10(9)21-13(16,17)18)7-19-12-3-1-2-11(15)20-12/h1-6H,7H2,(H,19,20). The Morgan fingerprint density at radius 1 is 1.19 bits per heavy atom. The zero-order valence-corrected chi connectivity index (χ0v) is 12.0. The first-order valence-corrected chi connectivity index (χ1v) is 6.53. The second kappa shape index (κ2) is 6.30. The van der Waals surface area contributed by atoms with E-state index in [0.29, 0.717) is 11.4 Å². The first kappa shape index (κ1) is 15.6. The topological polar surface area (TPSA) is 34.1 Å². The number of benzene rings is 1. The van der Waals surface area contributed by atoms with E-state index >= 15 is 0 Å². The predicted molar refractivity (Wildman–Crippen MR) is 72.3 cm³/mol. The minimum absolute atomic E-state index is 0.173. The van der Waals surface area contributed by atoms with Crippen molar-refractivity contribution < 1.29 is 22.3 Å². The number of nitrogens with zero attached hydrogens (tertiary/aromatic N) is 1. The van der Waals surface area contributed by atoms with E-state index in [4.69, 9.17) is 0 Å². The van der Waals surface area contributed by atoms with Crippen LogP contribution in [0.2, 0.25) is 0 Å². The lowest BCUT2D eigenvalue weighted by Crippen LogP contribution is -2.17. The van der Waals surface area contributed by atoms with E-state index in [-0.39, 0.29) is 16.8 Å². The second-order valence-electron chi connectivity index (χ2n) is 4.01. The molecule has 0 aliphatic rings. The molecule has 8 heteroatoms.